The van der Waals surface area contributed by atoms with Crippen molar-refractivity contribution in [2.75, 3.05) is 7.11 Å². The van der Waals surface area contributed by atoms with Crippen LogP contribution in [0.2, 0.25) is 0 Å². The molecule has 132 valence electrons. The number of rotatable bonds is 4. The van der Waals surface area contributed by atoms with Crippen molar-refractivity contribution in [3.05, 3.63) is 59.3 Å². The Hall–Kier alpha value is -2.61. The fraction of sp³-hybridized carbons (Fsp3) is 0.294. The lowest BCUT2D eigenvalue weighted by Gasteiger charge is -2.22. The maximum absolute atomic E-state index is 12.7. The Balaban J connectivity index is 1.71. The lowest BCUT2D eigenvalue weighted by molar-refractivity contribution is -0.355. The second-order valence-corrected chi connectivity index (χ2v) is 5.67. The van der Waals surface area contributed by atoms with Gasteiger partial charge in [0.05, 0.1) is 19.2 Å². The van der Waals surface area contributed by atoms with E-state index in [4.69, 9.17) is 4.74 Å². The highest BCUT2D eigenvalue weighted by molar-refractivity contribution is 6.01. The van der Waals surface area contributed by atoms with Crippen molar-refractivity contribution in [2.24, 2.45) is 5.16 Å². The zero-order valence-corrected chi connectivity index (χ0v) is 13.2. The molecule has 2 aromatic rings. The molecule has 1 unspecified atom stereocenters. The maximum Gasteiger partial charge on any atom is 0.458 e. The summed E-state index contributed by atoms with van der Waals surface area (Å²) in [6.07, 6.45) is -3.38. The van der Waals surface area contributed by atoms with Crippen LogP contribution in [0, 0.1) is 0 Å². The standard InChI is InChI=1S/C17H15F3N2O3/c1-24-15-9-12(6-7-21-15)8-11-2-4-13(5-3-11)14-10-16(23,25-22-14)17(18,19)20/h2-7,9,23H,8,10H2,1H3. The van der Waals surface area contributed by atoms with Gasteiger partial charge in [-0.1, -0.05) is 29.4 Å². The van der Waals surface area contributed by atoms with Gasteiger partial charge in [0, 0.05) is 12.3 Å². The molecule has 0 radical (unpaired) electrons. The van der Waals surface area contributed by atoms with Crippen LogP contribution in [0.5, 0.6) is 5.88 Å². The molecule has 1 aliphatic heterocycles. The second kappa shape index (κ2) is 6.36. The molecule has 3 rings (SSSR count). The van der Waals surface area contributed by atoms with Crippen LogP contribution >= 0.6 is 0 Å². The number of benzene rings is 1. The van der Waals surface area contributed by atoms with Gasteiger partial charge in [-0.25, -0.2) is 4.98 Å². The second-order valence-electron chi connectivity index (χ2n) is 5.67. The van der Waals surface area contributed by atoms with Crippen molar-refractivity contribution in [3.63, 3.8) is 0 Å². The van der Waals surface area contributed by atoms with Gasteiger partial charge in [0.15, 0.2) is 0 Å². The van der Waals surface area contributed by atoms with Crippen LogP contribution in [0.3, 0.4) is 0 Å². The molecule has 1 N–H and O–H groups in total. The van der Waals surface area contributed by atoms with Crippen LogP contribution in [0.15, 0.2) is 47.8 Å². The van der Waals surface area contributed by atoms with Crippen molar-refractivity contribution in [1.29, 1.82) is 0 Å². The minimum absolute atomic E-state index is 0.0527. The van der Waals surface area contributed by atoms with Crippen molar-refractivity contribution in [1.82, 2.24) is 4.98 Å². The number of ether oxygens (including phenoxy) is 1. The molecular formula is C17H15F3N2O3. The third kappa shape index (κ3) is 3.58. The highest BCUT2D eigenvalue weighted by Gasteiger charge is 2.60. The van der Waals surface area contributed by atoms with E-state index in [1.807, 2.05) is 12.1 Å². The quantitative estimate of drug-likeness (QED) is 0.919. The van der Waals surface area contributed by atoms with Gasteiger partial charge in [0.1, 0.15) is 0 Å². The van der Waals surface area contributed by atoms with E-state index in [1.165, 1.54) is 7.11 Å². The Morgan fingerprint density at radius 2 is 1.92 bits per heavy atom. The minimum atomic E-state index is -4.90. The molecule has 1 aromatic carbocycles. The first-order chi connectivity index (χ1) is 11.8. The van der Waals surface area contributed by atoms with Gasteiger partial charge >= 0.3 is 12.0 Å². The summed E-state index contributed by atoms with van der Waals surface area (Å²) < 4.78 is 43.3. The van der Waals surface area contributed by atoms with Gasteiger partial charge in [-0.05, 0) is 29.2 Å². The van der Waals surface area contributed by atoms with Crippen LogP contribution in [0.4, 0.5) is 13.2 Å². The molecule has 25 heavy (non-hydrogen) atoms. The van der Waals surface area contributed by atoms with Crippen LogP contribution in [0.1, 0.15) is 23.1 Å². The summed E-state index contributed by atoms with van der Waals surface area (Å²) >= 11 is 0. The monoisotopic (exact) mass is 352 g/mol. The van der Waals surface area contributed by atoms with E-state index in [1.54, 1.807) is 30.5 Å². The summed E-state index contributed by atoms with van der Waals surface area (Å²) in [5.74, 6) is -2.74. The summed E-state index contributed by atoms with van der Waals surface area (Å²) in [7, 11) is 1.54. The smallest absolute Gasteiger partial charge is 0.458 e. The van der Waals surface area contributed by atoms with Gasteiger partial charge in [-0.2, -0.15) is 13.2 Å². The van der Waals surface area contributed by atoms with Crippen molar-refractivity contribution in [2.45, 2.75) is 24.8 Å². The Morgan fingerprint density at radius 1 is 1.20 bits per heavy atom. The summed E-state index contributed by atoms with van der Waals surface area (Å²) in [6, 6.07) is 10.5. The summed E-state index contributed by atoms with van der Waals surface area (Å²) in [4.78, 5) is 8.25. The number of pyridine rings is 1. The lowest BCUT2D eigenvalue weighted by atomic mass is 9.99. The van der Waals surface area contributed by atoms with E-state index in [2.05, 4.69) is 15.0 Å². The topological polar surface area (TPSA) is 63.9 Å². The Labute approximate surface area is 141 Å². The normalized spacial score (nSPS) is 20.1. The first kappa shape index (κ1) is 17.2. The molecule has 0 aliphatic carbocycles. The number of hydrogen-bond acceptors (Lipinski definition) is 5. The molecule has 1 aliphatic rings. The van der Waals surface area contributed by atoms with Gasteiger partial charge in [-0.3, -0.25) is 0 Å². The number of hydrogen-bond donors (Lipinski definition) is 1. The van der Waals surface area contributed by atoms with Crippen LogP contribution in [-0.2, 0) is 11.3 Å². The first-order valence-corrected chi connectivity index (χ1v) is 7.43. The third-order valence-electron chi connectivity index (χ3n) is 3.86. The van der Waals surface area contributed by atoms with E-state index >= 15 is 0 Å². The van der Waals surface area contributed by atoms with Crippen LogP contribution in [-0.4, -0.2) is 34.9 Å². The van der Waals surface area contributed by atoms with Gasteiger partial charge in [0.25, 0.3) is 0 Å². The van der Waals surface area contributed by atoms with Gasteiger partial charge < -0.3 is 14.7 Å². The Morgan fingerprint density at radius 3 is 2.52 bits per heavy atom. The molecule has 0 saturated carbocycles. The van der Waals surface area contributed by atoms with Gasteiger partial charge in [-0.15, -0.1) is 0 Å². The summed E-state index contributed by atoms with van der Waals surface area (Å²) in [5.41, 5.74) is 2.48. The minimum Gasteiger partial charge on any atom is -0.481 e. The van der Waals surface area contributed by atoms with Crippen molar-refractivity contribution in [3.8, 4) is 5.88 Å². The number of oxime groups is 1. The molecule has 0 spiro atoms. The molecule has 8 heteroatoms. The predicted molar refractivity (Wildman–Crippen MR) is 83.3 cm³/mol. The van der Waals surface area contributed by atoms with E-state index in [0.717, 1.165) is 11.1 Å². The zero-order valence-electron chi connectivity index (χ0n) is 13.2. The fourth-order valence-electron chi connectivity index (χ4n) is 2.45. The highest BCUT2D eigenvalue weighted by atomic mass is 19.4. The van der Waals surface area contributed by atoms with Gasteiger partial charge in [0.2, 0.25) is 5.88 Å². The largest absolute Gasteiger partial charge is 0.481 e. The average Bonchev–Trinajstić information content (AvgIpc) is 2.99. The maximum atomic E-state index is 12.7. The molecule has 0 bridgehead atoms. The molecule has 1 atom stereocenters. The number of alkyl halides is 3. The van der Waals surface area contributed by atoms with Crippen molar-refractivity contribution < 1.29 is 27.9 Å². The van der Waals surface area contributed by atoms with E-state index < -0.39 is 18.4 Å². The van der Waals surface area contributed by atoms with E-state index in [9.17, 15) is 18.3 Å². The van der Waals surface area contributed by atoms with Crippen LogP contribution in [0.25, 0.3) is 0 Å². The SMILES string of the molecule is COc1cc(Cc2ccc(C3=NOC(O)(C(F)(F)F)C3)cc2)ccn1. The fourth-order valence-corrected chi connectivity index (χ4v) is 2.45. The highest BCUT2D eigenvalue weighted by Crippen LogP contribution is 2.38. The lowest BCUT2D eigenvalue weighted by Crippen LogP contribution is -2.45. The first-order valence-electron chi connectivity index (χ1n) is 7.43. The number of nitrogens with zero attached hydrogens (tertiary/aromatic N) is 2. The van der Waals surface area contributed by atoms with E-state index in [0.29, 0.717) is 17.9 Å². The number of aromatic nitrogens is 1. The molecule has 0 fully saturated rings. The van der Waals surface area contributed by atoms with Crippen molar-refractivity contribution >= 4 is 5.71 Å². The molecule has 5 nitrogen and oxygen atoms in total. The number of methoxy groups -OCH3 is 1. The average molecular weight is 352 g/mol. The molecule has 0 saturated heterocycles. The Bertz CT molecular complexity index is 790. The molecule has 0 amide bonds. The van der Waals surface area contributed by atoms with Crippen LogP contribution < -0.4 is 4.74 Å². The number of halogens is 3. The van der Waals surface area contributed by atoms with E-state index in [-0.39, 0.29) is 5.71 Å². The zero-order chi connectivity index (χ0) is 18.1. The summed E-state index contributed by atoms with van der Waals surface area (Å²) in [5, 5.41) is 12.9. The third-order valence-corrected chi connectivity index (χ3v) is 3.86. The predicted octanol–water partition coefficient (Wildman–Crippen LogP) is 3.06. The molecule has 2 heterocycles. The molecule has 1 aromatic heterocycles. The summed E-state index contributed by atoms with van der Waals surface area (Å²) in [6.45, 7) is 0. The number of aliphatic hydroxyl groups is 1. The Kier molecular flexibility index (Phi) is 4.38. The molecular weight excluding hydrogens is 337 g/mol.